The molecule has 1 aliphatic heterocycles. The topological polar surface area (TPSA) is 53.4 Å². The Morgan fingerprint density at radius 2 is 2.35 bits per heavy atom. The fourth-order valence-corrected chi connectivity index (χ4v) is 2.55. The van der Waals surface area contributed by atoms with Gasteiger partial charge in [0, 0.05) is 25.0 Å². The van der Waals surface area contributed by atoms with Crippen LogP contribution < -0.4 is 0 Å². The molecule has 2 heterocycles. The molecule has 20 heavy (non-hydrogen) atoms. The highest BCUT2D eigenvalue weighted by Crippen LogP contribution is 2.20. The second-order valence-electron chi connectivity index (χ2n) is 5.08. The molecule has 0 aliphatic carbocycles. The molecule has 0 bridgehead atoms. The third-order valence-electron chi connectivity index (χ3n) is 3.67. The molecule has 0 spiro atoms. The van der Waals surface area contributed by atoms with Gasteiger partial charge < -0.3 is 10.0 Å². The Kier molecular flexibility index (Phi) is 5.14. The highest BCUT2D eigenvalue weighted by molar-refractivity contribution is 5.96. The zero-order valence-electron chi connectivity index (χ0n) is 11.8. The van der Waals surface area contributed by atoms with Crippen molar-refractivity contribution >= 4 is 5.91 Å². The number of hydrogen-bond acceptors (Lipinski definition) is 3. The molecule has 0 aromatic carbocycles. The van der Waals surface area contributed by atoms with Crippen LogP contribution in [0.5, 0.6) is 0 Å². The van der Waals surface area contributed by atoms with Gasteiger partial charge in [-0.1, -0.05) is 24.7 Å². The Morgan fingerprint density at radius 3 is 3.15 bits per heavy atom. The zero-order chi connectivity index (χ0) is 14.4. The van der Waals surface area contributed by atoms with Crippen molar-refractivity contribution in [3.8, 4) is 11.8 Å². The maximum atomic E-state index is 12.7. The predicted molar refractivity (Wildman–Crippen MR) is 77.2 cm³/mol. The minimum atomic E-state index is -0.220. The van der Waals surface area contributed by atoms with Crippen molar-refractivity contribution in [2.75, 3.05) is 13.2 Å². The van der Waals surface area contributed by atoms with Crippen LogP contribution in [0.2, 0.25) is 0 Å². The molecule has 0 saturated carbocycles. The summed E-state index contributed by atoms with van der Waals surface area (Å²) in [6.45, 7) is 2.68. The number of carbonyl (C=O) groups excluding carboxylic acids is 1. The van der Waals surface area contributed by atoms with E-state index < -0.39 is 0 Å². The number of carbonyl (C=O) groups is 1. The molecule has 1 amide bonds. The molecular formula is C16H20N2O2. The molecule has 2 rings (SSSR count). The Hall–Kier alpha value is -1.86. The first-order valence-corrected chi connectivity index (χ1v) is 7.08. The van der Waals surface area contributed by atoms with Crippen molar-refractivity contribution in [2.24, 2.45) is 0 Å². The maximum absolute atomic E-state index is 12.7. The first kappa shape index (κ1) is 14.5. The van der Waals surface area contributed by atoms with Crippen molar-refractivity contribution in [1.82, 2.24) is 9.88 Å². The summed E-state index contributed by atoms with van der Waals surface area (Å²) >= 11 is 0. The van der Waals surface area contributed by atoms with Gasteiger partial charge in [-0.25, -0.2) is 0 Å². The Balaban J connectivity index is 2.28. The largest absolute Gasteiger partial charge is 0.384 e. The van der Waals surface area contributed by atoms with Crippen molar-refractivity contribution in [1.29, 1.82) is 0 Å². The molecule has 1 unspecified atom stereocenters. The molecule has 1 saturated heterocycles. The third kappa shape index (κ3) is 3.37. The van der Waals surface area contributed by atoms with E-state index in [4.69, 9.17) is 5.11 Å². The van der Waals surface area contributed by atoms with Crippen LogP contribution in [0.15, 0.2) is 18.5 Å². The zero-order valence-corrected chi connectivity index (χ0v) is 11.8. The van der Waals surface area contributed by atoms with Crippen molar-refractivity contribution in [3.05, 3.63) is 29.6 Å². The van der Waals surface area contributed by atoms with E-state index in [1.54, 1.807) is 18.5 Å². The number of pyridine rings is 1. The average Bonchev–Trinajstić information content (AvgIpc) is 2.69. The molecule has 1 aromatic heterocycles. The van der Waals surface area contributed by atoms with E-state index in [0.717, 1.165) is 19.4 Å². The molecule has 1 N–H and O–H groups in total. The Bertz CT molecular complexity index is 531. The molecule has 0 radical (unpaired) electrons. The minimum absolute atomic E-state index is 0.0176. The minimum Gasteiger partial charge on any atom is -0.384 e. The summed E-state index contributed by atoms with van der Waals surface area (Å²) in [4.78, 5) is 18.7. The number of nitrogens with zero attached hydrogens (tertiary/aromatic N) is 2. The van der Waals surface area contributed by atoms with E-state index in [0.29, 0.717) is 11.1 Å². The maximum Gasteiger partial charge on any atom is 0.255 e. The Labute approximate surface area is 119 Å². The van der Waals surface area contributed by atoms with E-state index in [1.165, 1.54) is 12.8 Å². The molecule has 1 fully saturated rings. The molecule has 106 valence electrons. The fourth-order valence-electron chi connectivity index (χ4n) is 2.55. The van der Waals surface area contributed by atoms with Crippen LogP contribution in [0, 0.1) is 11.8 Å². The van der Waals surface area contributed by atoms with E-state index in [-0.39, 0.29) is 18.6 Å². The van der Waals surface area contributed by atoms with Crippen LogP contribution in [0.4, 0.5) is 0 Å². The van der Waals surface area contributed by atoms with Gasteiger partial charge in [0.2, 0.25) is 0 Å². The van der Waals surface area contributed by atoms with Gasteiger partial charge in [-0.15, -0.1) is 0 Å². The number of aliphatic hydroxyl groups is 1. The summed E-state index contributed by atoms with van der Waals surface area (Å²) in [5, 5.41) is 8.80. The van der Waals surface area contributed by atoms with Gasteiger partial charge in [0.1, 0.15) is 6.61 Å². The first-order valence-electron chi connectivity index (χ1n) is 7.08. The third-order valence-corrected chi connectivity index (χ3v) is 3.67. The van der Waals surface area contributed by atoms with Gasteiger partial charge in [0.05, 0.1) is 11.1 Å². The number of rotatable bonds is 1. The molecule has 1 atom stereocenters. The van der Waals surface area contributed by atoms with Gasteiger partial charge in [0.25, 0.3) is 5.91 Å². The van der Waals surface area contributed by atoms with Gasteiger partial charge in [-0.2, -0.15) is 0 Å². The van der Waals surface area contributed by atoms with Gasteiger partial charge in [-0.05, 0) is 25.8 Å². The SMILES string of the molecule is CC1CCCCCN1C(=O)c1ccncc1C#CCO. The molecule has 4 nitrogen and oxygen atoms in total. The highest BCUT2D eigenvalue weighted by atomic mass is 16.2. The second-order valence-corrected chi connectivity index (χ2v) is 5.08. The molecule has 4 heteroatoms. The van der Waals surface area contributed by atoms with Crippen molar-refractivity contribution in [3.63, 3.8) is 0 Å². The van der Waals surface area contributed by atoms with E-state index in [2.05, 4.69) is 23.7 Å². The van der Waals surface area contributed by atoms with Gasteiger partial charge in [0.15, 0.2) is 0 Å². The van der Waals surface area contributed by atoms with E-state index >= 15 is 0 Å². The average molecular weight is 272 g/mol. The fraction of sp³-hybridized carbons (Fsp3) is 0.500. The summed E-state index contributed by atoms with van der Waals surface area (Å²) in [5.74, 6) is 5.40. The molecule has 1 aliphatic rings. The van der Waals surface area contributed by atoms with Crippen LogP contribution in [0.1, 0.15) is 48.5 Å². The predicted octanol–water partition coefficient (Wildman–Crippen LogP) is 1.83. The lowest BCUT2D eigenvalue weighted by molar-refractivity contribution is 0.0697. The smallest absolute Gasteiger partial charge is 0.255 e. The number of amides is 1. The van der Waals surface area contributed by atoms with Crippen LogP contribution in [0.3, 0.4) is 0 Å². The van der Waals surface area contributed by atoms with E-state index in [9.17, 15) is 4.79 Å². The van der Waals surface area contributed by atoms with Crippen LogP contribution in [-0.4, -0.2) is 40.1 Å². The van der Waals surface area contributed by atoms with Crippen molar-refractivity contribution in [2.45, 2.75) is 38.6 Å². The number of hydrogen-bond donors (Lipinski definition) is 1. The standard InChI is InChI=1S/C16H20N2O2/c1-13-6-3-2-4-10-18(13)16(20)15-8-9-17-12-14(15)7-5-11-19/h8-9,12-13,19H,2-4,6,10-11H2,1H3. The lowest BCUT2D eigenvalue weighted by atomic mass is 10.1. The summed E-state index contributed by atoms with van der Waals surface area (Å²) in [7, 11) is 0. The summed E-state index contributed by atoms with van der Waals surface area (Å²) < 4.78 is 0. The Morgan fingerprint density at radius 1 is 1.50 bits per heavy atom. The number of likely N-dealkylation sites (tertiary alicyclic amines) is 1. The van der Waals surface area contributed by atoms with Gasteiger partial charge >= 0.3 is 0 Å². The lowest BCUT2D eigenvalue weighted by Gasteiger charge is -2.27. The van der Waals surface area contributed by atoms with Crippen LogP contribution in [0.25, 0.3) is 0 Å². The monoisotopic (exact) mass is 272 g/mol. The summed E-state index contributed by atoms with van der Waals surface area (Å²) in [6, 6.07) is 1.97. The summed E-state index contributed by atoms with van der Waals surface area (Å²) in [6.07, 6.45) is 7.66. The lowest BCUT2D eigenvalue weighted by Crippen LogP contribution is -2.38. The van der Waals surface area contributed by atoms with Crippen LogP contribution in [-0.2, 0) is 0 Å². The highest BCUT2D eigenvalue weighted by Gasteiger charge is 2.24. The second kappa shape index (κ2) is 7.06. The molecular weight excluding hydrogens is 252 g/mol. The first-order chi connectivity index (χ1) is 9.74. The van der Waals surface area contributed by atoms with Crippen molar-refractivity contribution < 1.29 is 9.90 Å². The van der Waals surface area contributed by atoms with Crippen LogP contribution >= 0.6 is 0 Å². The number of aromatic nitrogens is 1. The molecule has 1 aromatic rings. The van der Waals surface area contributed by atoms with E-state index in [1.807, 2.05) is 4.90 Å². The normalized spacial score (nSPS) is 18.9. The van der Waals surface area contributed by atoms with Gasteiger partial charge in [-0.3, -0.25) is 9.78 Å². The quantitative estimate of drug-likeness (QED) is 0.794. The summed E-state index contributed by atoms with van der Waals surface area (Å²) in [5.41, 5.74) is 1.16. The number of aliphatic hydroxyl groups excluding tert-OH is 1.